The highest BCUT2D eigenvalue weighted by Gasteiger charge is 2.25. The number of para-hydroxylation sites is 2. The highest BCUT2D eigenvalue weighted by atomic mass is 32.2. The molecule has 2 aromatic carbocycles. The summed E-state index contributed by atoms with van der Waals surface area (Å²) in [5.74, 6) is 0.437. The molecule has 26 heavy (non-hydrogen) atoms. The number of nitrogens with one attached hydrogen (secondary N) is 1. The topological polar surface area (TPSA) is 75.7 Å². The first-order chi connectivity index (χ1) is 12.3. The third-order valence-electron chi connectivity index (χ3n) is 4.13. The standard InChI is InChI=1S/C19H22N2O4S/c1-13(2)25-19-7-5-4-6-17(19)20-26(23,24)16-8-9-18-15(12-16)10-11-21(18)14(3)22/h4-9,12-13,20H,10-11H2,1-3H3. The Morgan fingerprint density at radius 3 is 2.62 bits per heavy atom. The van der Waals surface area contributed by atoms with Gasteiger partial charge in [-0.15, -0.1) is 0 Å². The van der Waals surface area contributed by atoms with Crippen molar-refractivity contribution in [2.75, 3.05) is 16.2 Å². The second-order valence-electron chi connectivity index (χ2n) is 6.48. The fourth-order valence-electron chi connectivity index (χ4n) is 2.98. The second kappa shape index (κ2) is 6.99. The van der Waals surface area contributed by atoms with Crippen LogP contribution in [-0.4, -0.2) is 27.0 Å². The Morgan fingerprint density at radius 2 is 1.92 bits per heavy atom. The number of fused-ring (bicyclic) bond motifs is 1. The van der Waals surface area contributed by atoms with Gasteiger partial charge in [0.05, 0.1) is 16.7 Å². The van der Waals surface area contributed by atoms with Crippen LogP contribution in [0.3, 0.4) is 0 Å². The maximum absolute atomic E-state index is 12.8. The van der Waals surface area contributed by atoms with Crippen molar-refractivity contribution in [1.82, 2.24) is 0 Å². The molecule has 0 aliphatic carbocycles. The molecule has 1 aliphatic heterocycles. The third-order valence-corrected chi connectivity index (χ3v) is 5.49. The number of benzene rings is 2. The zero-order valence-corrected chi connectivity index (χ0v) is 15.8. The van der Waals surface area contributed by atoms with Crippen LogP contribution < -0.4 is 14.4 Å². The normalized spacial score (nSPS) is 13.6. The highest BCUT2D eigenvalue weighted by Crippen LogP contribution is 2.32. The van der Waals surface area contributed by atoms with Crippen LogP contribution in [0.25, 0.3) is 0 Å². The van der Waals surface area contributed by atoms with Crippen LogP contribution in [0, 0.1) is 0 Å². The summed E-state index contributed by atoms with van der Waals surface area (Å²) in [6.45, 7) is 5.85. The van der Waals surface area contributed by atoms with Crippen molar-refractivity contribution < 1.29 is 17.9 Å². The van der Waals surface area contributed by atoms with Gasteiger partial charge in [-0.3, -0.25) is 9.52 Å². The van der Waals surface area contributed by atoms with Crippen LogP contribution in [0.15, 0.2) is 47.4 Å². The number of carbonyl (C=O) groups is 1. The Bertz CT molecular complexity index is 938. The van der Waals surface area contributed by atoms with E-state index < -0.39 is 10.0 Å². The summed E-state index contributed by atoms with van der Waals surface area (Å²) in [6.07, 6.45) is 0.573. The molecule has 1 aliphatic rings. The molecule has 0 fully saturated rings. The molecule has 0 saturated heterocycles. The van der Waals surface area contributed by atoms with Gasteiger partial charge < -0.3 is 9.64 Å². The number of hydrogen-bond donors (Lipinski definition) is 1. The van der Waals surface area contributed by atoms with Gasteiger partial charge in [-0.05, 0) is 56.2 Å². The van der Waals surface area contributed by atoms with Gasteiger partial charge in [-0.25, -0.2) is 8.42 Å². The Hall–Kier alpha value is -2.54. The summed E-state index contributed by atoms with van der Waals surface area (Å²) in [5, 5.41) is 0. The number of amides is 1. The predicted molar refractivity (Wildman–Crippen MR) is 101 cm³/mol. The zero-order valence-electron chi connectivity index (χ0n) is 15.0. The van der Waals surface area contributed by atoms with E-state index in [1.807, 2.05) is 13.8 Å². The van der Waals surface area contributed by atoms with Crippen molar-refractivity contribution in [2.24, 2.45) is 0 Å². The minimum Gasteiger partial charge on any atom is -0.489 e. The zero-order chi connectivity index (χ0) is 18.9. The molecule has 138 valence electrons. The number of carbonyl (C=O) groups excluding carboxylic acids is 1. The molecule has 0 radical (unpaired) electrons. The van der Waals surface area contributed by atoms with Crippen molar-refractivity contribution in [2.45, 2.75) is 38.2 Å². The first-order valence-corrected chi connectivity index (χ1v) is 9.96. The molecule has 1 amide bonds. The first-order valence-electron chi connectivity index (χ1n) is 8.47. The van der Waals surface area contributed by atoms with Gasteiger partial charge in [0.15, 0.2) is 0 Å². The molecule has 0 unspecified atom stereocenters. The van der Waals surface area contributed by atoms with Gasteiger partial charge in [-0.2, -0.15) is 0 Å². The fraction of sp³-hybridized carbons (Fsp3) is 0.316. The van der Waals surface area contributed by atoms with Crippen LogP contribution in [-0.2, 0) is 21.2 Å². The summed E-state index contributed by atoms with van der Waals surface area (Å²) in [5.41, 5.74) is 2.03. The predicted octanol–water partition coefficient (Wildman–Crippen LogP) is 3.18. The van der Waals surface area contributed by atoms with E-state index in [1.165, 1.54) is 13.0 Å². The average molecular weight is 374 g/mol. The maximum atomic E-state index is 12.8. The van der Waals surface area contributed by atoms with Gasteiger partial charge >= 0.3 is 0 Å². The summed E-state index contributed by atoms with van der Waals surface area (Å²) < 4.78 is 33.9. The molecule has 0 saturated carbocycles. The van der Waals surface area contributed by atoms with E-state index in [9.17, 15) is 13.2 Å². The summed E-state index contributed by atoms with van der Waals surface area (Å²) in [6, 6.07) is 11.8. The minimum atomic E-state index is -3.76. The van der Waals surface area contributed by atoms with Crippen molar-refractivity contribution in [3.05, 3.63) is 48.0 Å². The number of sulfonamides is 1. The molecule has 0 atom stereocenters. The summed E-state index contributed by atoms with van der Waals surface area (Å²) in [4.78, 5) is 13.5. The Morgan fingerprint density at radius 1 is 1.19 bits per heavy atom. The number of ether oxygens (including phenoxy) is 1. The molecule has 0 bridgehead atoms. The summed E-state index contributed by atoms with van der Waals surface area (Å²) >= 11 is 0. The number of hydrogen-bond acceptors (Lipinski definition) is 4. The van der Waals surface area contributed by atoms with Crippen LogP contribution >= 0.6 is 0 Å². The Balaban J connectivity index is 1.90. The lowest BCUT2D eigenvalue weighted by atomic mass is 10.2. The van der Waals surface area contributed by atoms with E-state index in [1.54, 1.807) is 41.3 Å². The van der Waals surface area contributed by atoms with Crippen LogP contribution in [0.2, 0.25) is 0 Å². The molecule has 3 rings (SSSR count). The van der Waals surface area contributed by atoms with Gasteiger partial charge in [0, 0.05) is 19.2 Å². The number of anilines is 2. The Kier molecular flexibility index (Phi) is 4.91. The molecule has 2 aromatic rings. The highest BCUT2D eigenvalue weighted by molar-refractivity contribution is 7.92. The Labute approximate surface area is 153 Å². The van der Waals surface area contributed by atoms with Gasteiger partial charge in [-0.1, -0.05) is 12.1 Å². The van der Waals surface area contributed by atoms with E-state index in [4.69, 9.17) is 4.74 Å². The van der Waals surface area contributed by atoms with Crippen molar-refractivity contribution in [3.63, 3.8) is 0 Å². The fourth-order valence-corrected chi connectivity index (χ4v) is 4.10. The van der Waals surface area contributed by atoms with E-state index in [2.05, 4.69) is 4.72 Å². The molecule has 0 aromatic heterocycles. The van der Waals surface area contributed by atoms with Crippen LogP contribution in [0.4, 0.5) is 11.4 Å². The van der Waals surface area contributed by atoms with Crippen molar-refractivity contribution in [1.29, 1.82) is 0 Å². The van der Waals surface area contributed by atoms with Gasteiger partial charge in [0.2, 0.25) is 5.91 Å². The quantitative estimate of drug-likeness (QED) is 0.872. The third kappa shape index (κ3) is 3.67. The lowest BCUT2D eigenvalue weighted by Crippen LogP contribution is -2.25. The van der Waals surface area contributed by atoms with Crippen LogP contribution in [0.1, 0.15) is 26.3 Å². The molecule has 1 N–H and O–H groups in total. The number of rotatable bonds is 5. The molecule has 6 nitrogen and oxygen atoms in total. The van der Waals surface area contributed by atoms with Crippen LogP contribution in [0.5, 0.6) is 5.75 Å². The second-order valence-corrected chi connectivity index (χ2v) is 8.16. The minimum absolute atomic E-state index is 0.0442. The first kappa shape index (κ1) is 18.3. The van der Waals surface area contributed by atoms with E-state index in [0.717, 1.165) is 11.3 Å². The molecular formula is C19H22N2O4S. The van der Waals surface area contributed by atoms with E-state index >= 15 is 0 Å². The largest absolute Gasteiger partial charge is 0.489 e. The summed E-state index contributed by atoms with van der Waals surface area (Å²) in [7, 11) is -3.76. The van der Waals surface area contributed by atoms with Gasteiger partial charge in [0.1, 0.15) is 5.75 Å². The smallest absolute Gasteiger partial charge is 0.262 e. The molecule has 1 heterocycles. The monoisotopic (exact) mass is 374 g/mol. The molecule has 7 heteroatoms. The van der Waals surface area contributed by atoms with Gasteiger partial charge in [0.25, 0.3) is 10.0 Å². The van der Waals surface area contributed by atoms with Crippen molar-refractivity contribution in [3.8, 4) is 5.75 Å². The average Bonchev–Trinajstić information content (AvgIpc) is 2.99. The molecule has 0 spiro atoms. The SMILES string of the molecule is CC(=O)N1CCc2cc(S(=O)(=O)Nc3ccccc3OC(C)C)ccc21. The maximum Gasteiger partial charge on any atom is 0.262 e. The van der Waals surface area contributed by atoms with Crippen molar-refractivity contribution >= 4 is 27.3 Å². The lowest BCUT2D eigenvalue weighted by Gasteiger charge is -2.17. The molecular weight excluding hydrogens is 352 g/mol. The van der Waals surface area contributed by atoms with E-state index in [-0.39, 0.29) is 16.9 Å². The number of nitrogens with zero attached hydrogens (tertiary/aromatic N) is 1. The van der Waals surface area contributed by atoms with E-state index in [0.29, 0.717) is 24.4 Å². The lowest BCUT2D eigenvalue weighted by molar-refractivity contribution is -0.116.